The van der Waals surface area contributed by atoms with Crippen LogP contribution in [0.3, 0.4) is 0 Å². The second-order valence-electron chi connectivity index (χ2n) is 11.8. The zero-order chi connectivity index (χ0) is 26.4. The lowest BCUT2D eigenvalue weighted by Crippen LogP contribution is -2.40. The normalized spacial score (nSPS) is 32.1. The molecule has 0 saturated heterocycles. The van der Waals surface area contributed by atoms with Crippen LogP contribution in [0.5, 0.6) is 11.5 Å². The van der Waals surface area contributed by atoms with Crippen molar-refractivity contribution < 1.29 is 24.9 Å². The third-order valence-corrected chi connectivity index (χ3v) is 9.30. The van der Waals surface area contributed by atoms with E-state index in [1.165, 1.54) is 29.7 Å². The molecule has 3 N–H and O–H groups in total. The Morgan fingerprint density at radius 3 is 2.42 bits per heavy atom. The number of hydrogen-bond donors (Lipinski definition) is 3. The van der Waals surface area contributed by atoms with Gasteiger partial charge in [0, 0.05) is 0 Å². The van der Waals surface area contributed by atoms with Crippen LogP contribution in [0, 0.1) is 23.7 Å². The minimum absolute atomic E-state index is 0.00629. The predicted octanol–water partition coefficient (Wildman–Crippen LogP) is 6.65. The highest BCUT2D eigenvalue weighted by Crippen LogP contribution is 2.56. The Morgan fingerprint density at radius 2 is 1.63 bits per heavy atom. The fourth-order valence-electron chi connectivity index (χ4n) is 7.49. The molecule has 3 saturated carbocycles. The van der Waals surface area contributed by atoms with Crippen molar-refractivity contribution in [3.8, 4) is 11.5 Å². The van der Waals surface area contributed by atoms with Crippen LogP contribution >= 0.6 is 0 Å². The average molecular weight is 513 g/mol. The Bertz CT molecular complexity index is 1320. The zero-order valence-corrected chi connectivity index (χ0v) is 21.8. The van der Waals surface area contributed by atoms with Crippen molar-refractivity contribution in [2.24, 2.45) is 23.7 Å². The monoisotopic (exact) mass is 512 g/mol. The smallest absolute Gasteiger partial charge is 0.338 e. The molecular formula is C33H36O5. The summed E-state index contributed by atoms with van der Waals surface area (Å²) in [5.41, 5.74) is 4.41. The first kappa shape index (κ1) is 25.0. The van der Waals surface area contributed by atoms with Crippen LogP contribution in [0.15, 0.2) is 65.8 Å². The number of aliphatic hydroxyl groups is 1. The standard InChI is InChI=1S/C33H36O5/c1-33(37)17-16-24-23(19-33)9-10-26-25(24)11-12-28-27(26)13-15-31(28)38-32(36)22-7-4-20(5-8-22)2-3-21-6-14-29(34)30(35)18-21/h2-8,14,16,18-19,25-28,31,34-35,37H,9-13,15,17H2,1H3. The number of allylic oxidation sites excluding steroid dienone is 2. The summed E-state index contributed by atoms with van der Waals surface area (Å²) >= 11 is 0. The summed E-state index contributed by atoms with van der Waals surface area (Å²) in [7, 11) is 0. The molecule has 2 aromatic carbocycles. The molecule has 4 aliphatic rings. The first-order chi connectivity index (χ1) is 18.3. The van der Waals surface area contributed by atoms with Gasteiger partial charge in [-0.1, -0.05) is 36.4 Å². The number of benzene rings is 2. The van der Waals surface area contributed by atoms with Gasteiger partial charge in [-0.25, -0.2) is 4.79 Å². The van der Waals surface area contributed by atoms with Crippen molar-refractivity contribution in [2.45, 2.75) is 63.6 Å². The van der Waals surface area contributed by atoms with Crippen LogP contribution in [-0.4, -0.2) is 33.0 Å². The molecule has 3 fully saturated rings. The van der Waals surface area contributed by atoms with Gasteiger partial charge in [0.15, 0.2) is 11.5 Å². The number of carbonyl (C=O) groups excluding carboxylic acids is 1. The van der Waals surface area contributed by atoms with E-state index in [4.69, 9.17) is 4.74 Å². The Hall–Kier alpha value is -3.31. The van der Waals surface area contributed by atoms with Gasteiger partial charge in [0.1, 0.15) is 6.10 Å². The number of ether oxygens (including phenoxy) is 1. The number of fused-ring (bicyclic) bond motifs is 5. The number of rotatable bonds is 4. The minimum Gasteiger partial charge on any atom is -0.504 e. The number of esters is 1. The fourth-order valence-corrected chi connectivity index (χ4v) is 7.49. The van der Waals surface area contributed by atoms with Gasteiger partial charge in [-0.3, -0.25) is 0 Å². The maximum absolute atomic E-state index is 13.0. The van der Waals surface area contributed by atoms with E-state index in [0.29, 0.717) is 35.7 Å². The lowest BCUT2D eigenvalue weighted by atomic mass is 9.58. The highest BCUT2D eigenvalue weighted by atomic mass is 16.5. The number of phenols is 2. The maximum atomic E-state index is 13.0. The molecule has 0 aliphatic heterocycles. The van der Waals surface area contributed by atoms with E-state index in [9.17, 15) is 20.1 Å². The van der Waals surface area contributed by atoms with Gasteiger partial charge in [0.2, 0.25) is 0 Å². The summed E-state index contributed by atoms with van der Waals surface area (Å²) in [6.07, 6.45) is 15.4. The van der Waals surface area contributed by atoms with Crippen LogP contribution in [-0.2, 0) is 4.74 Å². The Morgan fingerprint density at radius 1 is 0.895 bits per heavy atom. The van der Waals surface area contributed by atoms with E-state index in [1.54, 1.807) is 18.2 Å². The van der Waals surface area contributed by atoms with Crippen LogP contribution in [0.2, 0.25) is 0 Å². The molecule has 0 radical (unpaired) electrons. The van der Waals surface area contributed by atoms with Gasteiger partial charge in [-0.15, -0.1) is 0 Å². The molecule has 0 bridgehead atoms. The molecule has 38 heavy (non-hydrogen) atoms. The third-order valence-electron chi connectivity index (χ3n) is 9.30. The maximum Gasteiger partial charge on any atom is 0.338 e. The van der Waals surface area contributed by atoms with Gasteiger partial charge in [-0.05, 0) is 128 Å². The van der Waals surface area contributed by atoms with Gasteiger partial charge < -0.3 is 20.1 Å². The molecule has 0 spiro atoms. The molecule has 0 amide bonds. The Kier molecular flexibility index (Phi) is 6.43. The van der Waals surface area contributed by atoms with Crippen molar-refractivity contribution in [2.75, 3.05) is 0 Å². The quantitative estimate of drug-likeness (QED) is 0.243. The average Bonchev–Trinajstić information content (AvgIpc) is 3.31. The second kappa shape index (κ2) is 9.77. The topological polar surface area (TPSA) is 87.0 Å². The number of aromatic hydroxyl groups is 2. The Balaban J connectivity index is 1.08. The van der Waals surface area contributed by atoms with Crippen molar-refractivity contribution in [1.82, 2.24) is 0 Å². The zero-order valence-electron chi connectivity index (χ0n) is 21.8. The van der Waals surface area contributed by atoms with Crippen molar-refractivity contribution in [3.63, 3.8) is 0 Å². The predicted molar refractivity (Wildman–Crippen MR) is 147 cm³/mol. The van der Waals surface area contributed by atoms with Gasteiger partial charge in [-0.2, -0.15) is 0 Å². The second-order valence-corrected chi connectivity index (χ2v) is 11.8. The molecule has 0 aromatic heterocycles. The van der Waals surface area contributed by atoms with Crippen LogP contribution < -0.4 is 0 Å². The molecule has 0 heterocycles. The molecule has 5 heteroatoms. The van der Waals surface area contributed by atoms with Crippen molar-refractivity contribution in [1.29, 1.82) is 0 Å². The van der Waals surface area contributed by atoms with E-state index in [1.807, 2.05) is 31.2 Å². The minimum atomic E-state index is -0.708. The summed E-state index contributed by atoms with van der Waals surface area (Å²) in [5, 5.41) is 29.6. The molecule has 6 atom stereocenters. The number of hydrogen-bond acceptors (Lipinski definition) is 5. The molecular weight excluding hydrogens is 476 g/mol. The summed E-state index contributed by atoms with van der Waals surface area (Å²) < 4.78 is 6.11. The molecule has 6 rings (SSSR count). The van der Waals surface area contributed by atoms with E-state index in [-0.39, 0.29) is 23.6 Å². The van der Waals surface area contributed by atoms with E-state index < -0.39 is 5.60 Å². The summed E-state index contributed by atoms with van der Waals surface area (Å²) in [6, 6.07) is 12.1. The number of carbonyl (C=O) groups is 1. The third kappa shape index (κ3) is 4.80. The van der Waals surface area contributed by atoms with Crippen LogP contribution in [0.4, 0.5) is 0 Å². The SMILES string of the molecule is CC1(O)C=C2CCC3C(CCC4C(OC(=O)c5ccc(C=Cc6ccc(O)c(O)c6)cc5)CCC43)C2=CC1. The summed E-state index contributed by atoms with van der Waals surface area (Å²) in [4.78, 5) is 13.0. The van der Waals surface area contributed by atoms with Crippen molar-refractivity contribution >= 4 is 18.1 Å². The lowest BCUT2D eigenvalue weighted by molar-refractivity contribution is 0.000804. The first-order valence-electron chi connectivity index (χ1n) is 13.9. The van der Waals surface area contributed by atoms with E-state index in [0.717, 1.165) is 43.2 Å². The largest absolute Gasteiger partial charge is 0.504 e. The molecule has 198 valence electrons. The Labute approximate surface area is 224 Å². The number of phenolic OH excluding ortho intramolecular Hbond substituents is 2. The molecule has 2 aromatic rings. The van der Waals surface area contributed by atoms with Gasteiger partial charge in [0.25, 0.3) is 0 Å². The fraction of sp³-hybridized carbons (Fsp3) is 0.424. The first-order valence-corrected chi connectivity index (χ1v) is 13.9. The highest BCUT2D eigenvalue weighted by Gasteiger charge is 2.50. The summed E-state index contributed by atoms with van der Waals surface area (Å²) in [6.45, 7) is 1.90. The molecule has 6 unspecified atom stereocenters. The lowest BCUT2D eigenvalue weighted by Gasteiger charge is -2.47. The van der Waals surface area contributed by atoms with Crippen LogP contribution in [0.25, 0.3) is 12.2 Å². The van der Waals surface area contributed by atoms with E-state index >= 15 is 0 Å². The van der Waals surface area contributed by atoms with E-state index in [2.05, 4.69) is 12.2 Å². The summed E-state index contributed by atoms with van der Waals surface area (Å²) in [5.74, 6) is 1.76. The van der Waals surface area contributed by atoms with Gasteiger partial charge >= 0.3 is 5.97 Å². The van der Waals surface area contributed by atoms with Crippen molar-refractivity contribution in [3.05, 3.63) is 82.5 Å². The van der Waals surface area contributed by atoms with Gasteiger partial charge in [0.05, 0.1) is 11.2 Å². The molecule has 4 aliphatic carbocycles. The molecule has 5 nitrogen and oxygen atoms in total. The highest BCUT2D eigenvalue weighted by molar-refractivity contribution is 5.90. The van der Waals surface area contributed by atoms with Crippen LogP contribution in [0.1, 0.15) is 73.4 Å².